The molecule has 0 bridgehead atoms. The second-order valence-electron chi connectivity index (χ2n) is 8.42. The van der Waals surface area contributed by atoms with Gasteiger partial charge in [0, 0.05) is 11.8 Å². The molecule has 2 rings (SSSR count). The molecule has 1 heterocycles. The van der Waals surface area contributed by atoms with Crippen LogP contribution in [0.4, 0.5) is 0 Å². The van der Waals surface area contributed by atoms with Crippen molar-refractivity contribution in [1.82, 2.24) is 9.78 Å². The van der Waals surface area contributed by atoms with Crippen LogP contribution < -0.4 is 5.56 Å². The lowest BCUT2D eigenvalue weighted by atomic mass is 10.0. The third-order valence-corrected chi connectivity index (χ3v) is 6.58. The van der Waals surface area contributed by atoms with E-state index in [1.165, 1.54) is 99.6 Å². The molecule has 0 amide bonds. The summed E-state index contributed by atoms with van der Waals surface area (Å²) in [6.07, 6.45) is 17.8. The van der Waals surface area contributed by atoms with Crippen LogP contribution in [0.15, 0.2) is 40.0 Å². The van der Waals surface area contributed by atoms with Crippen LogP contribution in [0.5, 0.6) is 0 Å². The highest BCUT2D eigenvalue weighted by atomic mass is 32.2. The van der Waals surface area contributed by atoms with E-state index >= 15 is 0 Å². The van der Waals surface area contributed by atoms with Crippen LogP contribution in [-0.4, -0.2) is 22.8 Å². The Hall–Kier alpha value is -1.86. The minimum Gasteiger partial charge on any atom is -0.295 e. The minimum atomic E-state index is -4.24. The van der Waals surface area contributed by atoms with E-state index in [0.717, 1.165) is 25.0 Å². The van der Waals surface area contributed by atoms with E-state index in [2.05, 4.69) is 12.0 Å². The topological polar surface area (TPSA) is 92.2 Å². The summed E-state index contributed by atoms with van der Waals surface area (Å²) in [5.41, 5.74) is 1.24. The third-order valence-electron chi connectivity index (χ3n) is 5.72. The van der Waals surface area contributed by atoms with Crippen molar-refractivity contribution in [2.45, 2.75) is 102 Å². The third kappa shape index (κ3) is 9.44. The molecule has 174 valence electrons. The van der Waals surface area contributed by atoms with Gasteiger partial charge in [0.15, 0.2) is 0 Å². The van der Waals surface area contributed by atoms with Crippen molar-refractivity contribution in [3.63, 3.8) is 0 Å². The first-order chi connectivity index (χ1) is 14.9. The monoisotopic (exact) mass is 450 g/mol. The van der Waals surface area contributed by atoms with Gasteiger partial charge in [-0.3, -0.25) is 14.4 Å². The molecule has 0 saturated heterocycles. The molecule has 0 saturated carbocycles. The van der Waals surface area contributed by atoms with E-state index < -0.39 is 10.1 Å². The van der Waals surface area contributed by atoms with Crippen LogP contribution in [-0.2, 0) is 16.5 Å². The molecule has 1 aromatic carbocycles. The van der Waals surface area contributed by atoms with Crippen LogP contribution in [0.3, 0.4) is 0 Å². The molecule has 1 aromatic heterocycles. The number of aryl methyl sites for hydroxylation is 1. The fraction of sp³-hybridized carbons (Fsp3) is 0.625. The molecule has 0 radical (unpaired) electrons. The molecule has 0 atom stereocenters. The van der Waals surface area contributed by atoms with Crippen molar-refractivity contribution in [2.75, 3.05) is 0 Å². The Balaban J connectivity index is 1.61. The van der Waals surface area contributed by atoms with Gasteiger partial charge < -0.3 is 0 Å². The molecule has 0 spiro atoms. The molecule has 31 heavy (non-hydrogen) atoms. The van der Waals surface area contributed by atoms with Gasteiger partial charge in [-0.15, -0.1) is 0 Å². The number of nitrogens with zero attached hydrogens (tertiary/aromatic N) is 1. The number of unbranched alkanes of at least 4 members (excludes halogenated alkanes) is 12. The highest BCUT2D eigenvalue weighted by Gasteiger charge is 2.10. The van der Waals surface area contributed by atoms with Gasteiger partial charge in [-0.05, 0) is 37.1 Å². The van der Waals surface area contributed by atoms with Gasteiger partial charge in [0.1, 0.15) is 0 Å². The number of hydrogen-bond acceptors (Lipinski definition) is 3. The van der Waals surface area contributed by atoms with E-state index in [9.17, 15) is 13.2 Å². The number of rotatable bonds is 16. The lowest BCUT2D eigenvalue weighted by molar-refractivity contribution is 0.483. The zero-order valence-corrected chi connectivity index (χ0v) is 19.6. The quantitative estimate of drug-likeness (QED) is 0.241. The highest BCUT2D eigenvalue weighted by Crippen LogP contribution is 2.14. The summed E-state index contributed by atoms with van der Waals surface area (Å²) in [4.78, 5) is 12.0. The average molecular weight is 451 g/mol. The maximum absolute atomic E-state index is 12.2. The number of H-pyrrole nitrogens is 1. The Morgan fingerprint density at radius 2 is 1.29 bits per heavy atom. The van der Waals surface area contributed by atoms with E-state index in [4.69, 9.17) is 4.55 Å². The molecule has 7 heteroatoms. The minimum absolute atomic E-state index is 0.177. The maximum atomic E-state index is 12.2. The maximum Gasteiger partial charge on any atom is 0.294 e. The molecular weight excluding hydrogens is 412 g/mol. The predicted molar refractivity (Wildman–Crippen MR) is 126 cm³/mol. The summed E-state index contributed by atoms with van der Waals surface area (Å²) in [5.74, 6) is 0. The summed E-state index contributed by atoms with van der Waals surface area (Å²) >= 11 is 0. The summed E-state index contributed by atoms with van der Waals surface area (Å²) in [5, 5.41) is 3.09. The van der Waals surface area contributed by atoms with Gasteiger partial charge in [-0.1, -0.05) is 84.0 Å². The van der Waals surface area contributed by atoms with Crippen LogP contribution in [0.25, 0.3) is 5.69 Å². The van der Waals surface area contributed by atoms with Crippen molar-refractivity contribution < 1.29 is 13.0 Å². The van der Waals surface area contributed by atoms with Gasteiger partial charge in [0.2, 0.25) is 0 Å². The number of benzene rings is 1. The average Bonchev–Trinajstić information content (AvgIpc) is 3.11. The van der Waals surface area contributed by atoms with Crippen molar-refractivity contribution in [1.29, 1.82) is 0 Å². The summed E-state index contributed by atoms with van der Waals surface area (Å²) < 4.78 is 32.7. The second kappa shape index (κ2) is 13.5. The van der Waals surface area contributed by atoms with Crippen LogP contribution in [0.2, 0.25) is 0 Å². The van der Waals surface area contributed by atoms with Gasteiger partial charge in [-0.2, -0.15) is 8.42 Å². The molecule has 2 aromatic rings. The first-order valence-electron chi connectivity index (χ1n) is 11.8. The van der Waals surface area contributed by atoms with E-state index in [-0.39, 0.29) is 10.5 Å². The number of hydrogen-bond donors (Lipinski definition) is 2. The number of aromatic amines is 1. The van der Waals surface area contributed by atoms with Crippen molar-refractivity contribution in [3.8, 4) is 5.69 Å². The lowest BCUT2D eigenvalue weighted by Crippen LogP contribution is -2.13. The molecule has 0 aliphatic rings. The highest BCUT2D eigenvalue weighted by molar-refractivity contribution is 7.85. The van der Waals surface area contributed by atoms with Crippen molar-refractivity contribution >= 4 is 10.1 Å². The molecule has 6 nitrogen and oxygen atoms in total. The number of nitrogens with one attached hydrogen (secondary N) is 1. The zero-order valence-electron chi connectivity index (χ0n) is 18.8. The molecule has 0 aliphatic heterocycles. The van der Waals surface area contributed by atoms with E-state index in [1.54, 1.807) is 6.07 Å². The van der Waals surface area contributed by atoms with E-state index in [0.29, 0.717) is 5.69 Å². The van der Waals surface area contributed by atoms with Gasteiger partial charge >= 0.3 is 0 Å². The Morgan fingerprint density at radius 1 is 0.806 bits per heavy atom. The standard InChI is InChI=1S/C24H38N2O4S/c1-2-3-4-5-6-7-8-9-10-11-12-13-14-15-21-20-24(27)26(25-21)22-16-18-23(19-17-22)31(28,29)30/h16-20,25H,2-15H2,1H3,(H,28,29,30). The summed E-state index contributed by atoms with van der Waals surface area (Å²) in [6.45, 7) is 2.26. The van der Waals surface area contributed by atoms with Gasteiger partial charge in [0.05, 0.1) is 10.6 Å². The van der Waals surface area contributed by atoms with Gasteiger partial charge in [-0.25, -0.2) is 4.68 Å². The van der Waals surface area contributed by atoms with Crippen LogP contribution in [0.1, 0.15) is 96.1 Å². The van der Waals surface area contributed by atoms with Crippen molar-refractivity contribution in [2.24, 2.45) is 0 Å². The van der Waals surface area contributed by atoms with Crippen LogP contribution >= 0.6 is 0 Å². The SMILES string of the molecule is CCCCCCCCCCCCCCCc1cc(=O)n(-c2ccc(S(=O)(=O)O)cc2)[nH]1. The fourth-order valence-corrected chi connectivity index (χ4v) is 4.34. The predicted octanol–water partition coefficient (Wildman–Crippen LogP) is 6.05. The summed E-state index contributed by atoms with van der Waals surface area (Å²) in [6, 6.07) is 7.15. The normalized spacial score (nSPS) is 11.8. The summed E-state index contributed by atoms with van der Waals surface area (Å²) in [7, 11) is -4.24. The van der Waals surface area contributed by atoms with Crippen molar-refractivity contribution in [3.05, 3.63) is 46.4 Å². The Labute approximate surface area is 186 Å². The second-order valence-corrected chi connectivity index (χ2v) is 9.84. The van der Waals surface area contributed by atoms with Crippen LogP contribution in [0, 0.1) is 0 Å². The molecule has 0 fully saturated rings. The molecule has 0 unspecified atom stereocenters. The Kier molecular flexibility index (Phi) is 11.1. The zero-order chi connectivity index (χ0) is 22.5. The lowest BCUT2D eigenvalue weighted by Gasteiger charge is -2.04. The number of aromatic nitrogens is 2. The Morgan fingerprint density at radius 3 is 1.77 bits per heavy atom. The van der Waals surface area contributed by atoms with E-state index in [1.807, 2.05) is 0 Å². The Bertz CT molecular complexity index is 914. The molecule has 0 aliphatic carbocycles. The molecule has 2 N–H and O–H groups in total. The van der Waals surface area contributed by atoms with Gasteiger partial charge in [0.25, 0.3) is 15.7 Å². The molecular formula is C24H38N2O4S. The first-order valence-corrected chi connectivity index (χ1v) is 13.2. The largest absolute Gasteiger partial charge is 0.295 e. The smallest absolute Gasteiger partial charge is 0.294 e. The first kappa shape index (κ1) is 25.4. The fourth-order valence-electron chi connectivity index (χ4n) is 3.86.